The lowest BCUT2D eigenvalue weighted by Crippen LogP contribution is -2.57. The topological polar surface area (TPSA) is 94.3 Å². The van der Waals surface area contributed by atoms with Crippen LogP contribution in [0, 0.1) is 0 Å². The van der Waals surface area contributed by atoms with Gasteiger partial charge in [-0.1, -0.05) is 73.7 Å². The number of rotatable bonds is 7. The van der Waals surface area contributed by atoms with Gasteiger partial charge in [0.05, 0.1) is 6.04 Å². The first-order valence-electron chi connectivity index (χ1n) is 13.6. The number of amides is 3. The number of hydrogen-bond acceptors (Lipinski definition) is 3. The molecule has 0 fully saturated rings. The molecule has 0 unspecified atom stereocenters. The molecule has 4 atom stereocenters. The minimum atomic E-state index is -0.767. The van der Waals surface area contributed by atoms with E-state index in [9.17, 15) is 14.4 Å². The van der Waals surface area contributed by atoms with Crippen LogP contribution in [-0.4, -0.2) is 45.7 Å². The summed E-state index contributed by atoms with van der Waals surface area (Å²) in [4.78, 5) is 46.4. The van der Waals surface area contributed by atoms with Crippen molar-refractivity contribution in [2.24, 2.45) is 0 Å². The van der Waals surface area contributed by atoms with Gasteiger partial charge in [0.15, 0.2) is 0 Å². The number of para-hydroxylation sites is 1. The predicted octanol–water partition coefficient (Wildman–Crippen LogP) is 4.28. The molecule has 39 heavy (non-hydrogen) atoms. The summed E-state index contributed by atoms with van der Waals surface area (Å²) >= 11 is 0. The van der Waals surface area contributed by atoms with Crippen molar-refractivity contribution in [2.75, 3.05) is 0 Å². The van der Waals surface area contributed by atoms with Crippen molar-refractivity contribution in [1.29, 1.82) is 0 Å². The first kappa shape index (κ1) is 24.9. The lowest BCUT2D eigenvalue weighted by atomic mass is 9.89. The van der Waals surface area contributed by atoms with Crippen LogP contribution in [0.5, 0.6) is 0 Å². The fourth-order valence-corrected chi connectivity index (χ4v) is 5.91. The number of carbonyl (C=O) groups excluding carboxylic acids is 3. The van der Waals surface area contributed by atoms with Crippen molar-refractivity contribution in [3.05, 3.63) is 107 Å². The fourth-order valence-electron chi connectivity index (χ4n) is 5.91. The molecule has 4 aromatic rings. The van der Waals surface area contributed by atoms with Gasteiger partial charge in [-0.3, -0.25) is 14.4 Å². The number of benzene rings is 3. The highest BCUT2D eigenvalue weighted by Gasteiger charge is 2.49. The normalized spacial score (nSPS) is 19.1. The summed E-state index contributed by atoms with van der Waals surface area (Å²) in [5.41, 5.74) is 5.43. The van der Waals surface area contributed by atoms with Crippen LogP contribution in [-0.2, 0) is 22.4 Å². The molecule has 0 bridgehead atoms. The number of fused-ring (bicyclic) bond motifs is 7. The van der Waals surface area contributed by atoms with Crippen LogP contribution in [0.3, 0.4) is 0 Å². The molecule has 7 heteroatoms. The van der Waals surface area contributed by atoms with Crippen molar-refractivity contribution in [1.82, 2.24) is 20.5 Å². The van der Waals surface area contributed by atoms with Gasteiger partial charge in [-0.2, -0.15) is 0 Å². The summed E-state index contributed by atoms with van der Waals surface area (Å²) in [7, 11) is 0. The highest BCUT2D eigenvalue weighted by Crippen LogP contribution is 2.46. The molecule has 0 saturated heterocycles. The summed E-state index contributed by atoms with van der Waals surface area (Å²) < 4.78 is 0. The van der Waals surface area contributed by atoms with Gasteiger partial charge >= 0.3 is 0 Å². The lowest BCUT2D eigenvalue weighted by molar-refractivity contribution is -0.132. The molecule has 0 spiro atoms. The van der Waals surface area contributed by atoms with Crippen LogP contribution < -0.4 is 10.6 Å². The number of nitrogens with one attached hydrogen (secondary N) is 3. The van der Waals surface area contributed by atoms with Gasteiger partial charge in [0.25, 0.3) is 5.91 Å². The standard InChI is InChI=1S/C32H32N4O3/c1-3-19(2)33-30(37)26(17-20-11-5-4-6-12-20)35-31(38)27-18-24-21-13-9-10-16-25(21)34-28(24)29-22-14-7-8-15-23(22)32(39)36(27)29/h4-16,19,26-27,29,34H,3,17-18H2,1-2H3,(H,33,37)(H,35,38)/t19-,26+,27+,29-/m1/s1. The van der Waals surface area contributed by atoms with E-state index in [0.717, 1.165) is 39.7 Å². The molecule has 7 nitrogen and oxygen atoms in total. The smallest absolute Gasteiger partial charge is 0.255 e. The zero-order valence-electron chi connectivity index (χ0n) is 22.1. The molecule has 2 aliphatic heterocycles. The Bertz CT molecular complexity index is 1560. The Morgan fingerprint density at radius 1 is 0.974 bits per heavy atom. The lowest BCUT2D eigenvalue weighted by Gasteiger charge is -2.37. The quantitative estimate of drug-likeness (QED) is 0.340. The van der Waals surface area contributed by atoms with Crippen LogP contribution in [0.1, 0.15) is 59.1 Å². The van der Waals surface area contributed by atoms with Crippen LogP contribution in [0.4, 0.5) is 0 Å². The average Bonchev–Trinajstić information content (AvgIpc) is 3.48. The second kappa shape index (κ2) is 10.1. The minimum absolute atomic E-state index is 0.0184. The molecule has 3 N–H and O–H groups in total. The van der Waals surface area contributed by atoms with Gasteiger partial charge < -0.3 is 20.5 Å². The van der Waals surface area contributed by atoms with E-state index in [1.807, 2.05) is 86.6 Å². The third-order valence-corrected chi connectivity index (χ3v) is 8.07. The van der Waals surface area contributed by atoms with Crippen LogP contribution in [0.25, 0.3) is 10.9 Å². The van der Waals surface area contributed by atoms with Crippen LogP contribution in [0.2, 0.25) is 0 Å². The molecular formula is C32H32N4O3. The van der Waals surface area contributed by atoms with Crippen molar-refractivity contribution in [3.63, 3.8) is 0 Å². The number of nitrogens with zero attached hydrogens (tertiary/aromatic N) is 1. The molecule has 3 heterocycles. The Hall–Kier alpha value is -4.39. The van der Waals surface area contributed by atoms with Crippen molar-refractivity contribution in [2.45, 2.75) is 57.3 Å². The van der Waals surface area contributed by atoms with E-state index in [2.05, 4.69) is 21.7 Å². The van der Waals surface area contributed by atoms with Crippen molar-refractivity contribution < 1.29 is 14.4 Å². The van der Waals surface area contributed by atoms with Crippen molar-refractivity contribution >= 4 is 28.6 Å². The molecule has 6 rings (SSSR count). The Balaban J connectivity index is 1.37. The average molecular weight is 521 g/mol. The monoisotopic (exact) mass is 520 g/mol. The second-order valence-corrected chi connectivity index (χ2v) is 10.6. The Morgan fingerprint density at radius 3 is 2.49 bits per heavy atom. The summed E-state index contributed by atoms with van der Waals surface area (Å²) in [6.45, 7) is 3.96. The molecule has 0 radical (unpaired) electrons. The zero-order valence-corrected chi connectivity index (χ0v) is 22.1. The molecule has 0 saturated carbocycles. The van der Waals surface area contributed by atoms with Gasteiger partial charge in [0, 0.05) is 41.0 Å². The molecule has 3 aromatic carbocycles. The first-order valence-corrected chi connectivity index (χ1v) is 13.6. The van der Waals surface area contributed by atoms with E-state index < -0.39 is 12.1 Å². The number of aromatic nitrogens is 1. The van der Waals surface area contributed by atoms with E-state index in [0.29, 0.717) is 18.4 Å². The van der Waals surface area contributed by atoms with Crippen LogP contribution in [0.15, 0.2) is 78.9 Å². The molecular weight excluding hydrogens is 488 g/mol. The maximum Gasteiger partial charge on any atom is 0.255 e. The van der Waals surface area contributed by atoms with Gasteiger partial charge in [0.2, 0.25) is 11.8 Å². The largest absolute Gasteiger partial charge is 0.356 e. The van der Waals surface area contributed by atoms with Crippen LogP contribution >= 0.6 is 0 Å². The van der Waals surface area contributed by atoms with E-state index in [1.165, 1.54) is 0 Å². The van der Waals surface area contributed by atoms with Gasteiger partial charge in [-0.15, -0.1) is 0 Å². The number of aromatic amines is 1. The molecule has 198 valence electrons. The van der Waals surface area contributed by atoms with E-state index in [1.54, 1.807) is 4.90 Å². The fraction of sp³-hybridized carbons (Fsp3) is 0.281. The highest BCUT2D eigenvalue weighted by atomic mass is 16.2. The number of H-pyrrole nitrogens is 1. The van der Waals surface area contributed by atoms with Crippen molar-refractivity contribution in [3.8, 4) is 0 Å². The first-order chi connectivity index (χ1) is 19.0. The summed E-state index contributed by atoms with van der Waals surface area (Å²) in [5, 5.41) is 7.12. The Kier molecular flexibility index (Phi) is 6.43. The molecule has 1 aromatic heterocycles. The van der Waals surface area contributed by atoms with E-state index in [-0.39, 0.29) is 29.8 Å². The summed E-state index contributed by atoms with van der Waals surface area (Å²) in [6, 6.07) is 23.3. The highest BCUT2D eigenvalue weighted by molar-refractivity contribution is 6.04. The number of carbonyl (C=O) groups is 3. The second-order valence-electron chi connectivity index (χ2n) is 10.6. The number of hydrogen-bond donors (Lipinski definition) is 3. The Morgan fingerprint density at radius 2 is 1.69 bits per heavy atom. The molecule has 3 amide bonds. The Labute approximate surface area is 227 Å². The zero-order chi connectivity index (χ0) is 27.1. The van der Waals surface area contributed by atoms with E-state index >= 15 is 0 Å². The summed E-state index contributed by atoms with van der Waals surface area (Å²) in [6.07, 6.45) is 1.51. The minimum Gasteiger partial charge on any atom is -0.356 e. The van der Waals surface area contributed by atoms with E-state index in [4.69, 9.17) is 0 Å². The maximum atomic E-state index is 14.1. The summed E-state index contributed by atoms with van der Waals surface area (Å²) in [5.74, 6) is -0.709. The predicted molar refractivity (Wildman–Crippen MR) is 150 cm³/mol. The van der Waals surface area contributed by atoms with Gasteiger partial charge in [-0.25, -0.2) is 0 Å². The van der Waals surface area contributed by atoms with Gasteiger partial charge in [0.1, 0.15) is 12.1 Å². The molecule has 2 aliphatic rings. The third kappa shape index (κ3) is 4.38. The maximum absolute atomic E-state index is 14.1. The third-order valence-electron chi connectivity index (χ3n) is 8.07. The SMILES string of the molecule is CC[C@@H](C)NC(=O)[C@H](Cc1ccccc1)NC(=O)[C@@H]1Cc2c([nH]c3ccccc23)[C@H]2c3ccccc3C(=O)N21. The van der Waals surface area contributed by atoms with Gasteiger partial charge in [-0.05, 0) is 42.2 Å². The molecule has 0 aliphatic carbocycles.